The number of rotatable bonds is 3. The standard InChI is InChI=1S/C12H8Cl2N2OS.C2H6/c1-18-12-15-10(13)8(11(14)16-12)9(17)7-5-3-2-4-6-7;1-2/h2-6H,1H3;1-2H3. The third-order valence-corrected chi connectivity index (χ3v) is 3.34. The van der Waals surface area contributed by atoms with Gasteiger partial charge in [0.15, 0.2) is 10.9 Å². The van der Waals surface area contributed by atoms with Gasteiger partial charge < -0.3 is 0 Å². The molecule has 0 amide bonds. The molecule has 0 bridgehead atoms. The molecule has 1 heterocycles. The van der Waals surface area contributed by atoms with Gasteiger partial charge in [-0.3, -0.25) is 4.79 Å². The molecular formula is C14H14Cl2N2OS. The van der Waals surface area contributed by atoms with Gasteiger partial charge in [0, 0.05) is 5.56 Å². The highest BCUT2D eigenvalue weighted by molar-refractivity contribution is 7.98. The van der Waals surface area contributed by atoms with Crippen LogP contribution in [0.4, 0.5) is 0 Å². The molecule has 0 saturated heterocycles. The zero-order valence-electron chi connectivity index (χ0n) is 11.4. The highest BCUT2D eigenvalue weighted by Gasteiger charge is 2.19. The van der Waals surface area contributed by atoms with Gasteiger partial charge in [-0.1, -0.05) is 79.1 Å². The van der Waals surface area contributed by atoms with E-state index in [0.717, 1.165) is 0 Å². The zero-order chi connectivity index (χ0) is 15.1. The zero-order valence-corrected chi connectivity index (χ0v) is 13.7. The maximum atomic E-state index is 12.2. The van der Waals surface area contributed by atoms with E-state index < -0.39 is 0 Å². The van der Waals surface area contributed by atoms with Gasteiger partial charge in [0.25, 0.3) is 0 Å². The minimum atomic E-state index is -0.279. The number of carbonyl (C=O) groups is 1. The van der Waals surface area contributed by atoms with Crippen LogP contribution in [-0.2, 0) is 0 Å². The van der Waals surface area contributed by atoms with Crippen molar-refractivity contribution in [3.05, 3.63) is 51.8 Å². The Morgan fingerprint density at radius 3 is 2.00 bits per heavy atom. The van der Waals surface area contributed by atoms with Gasteiger partial charge in [-0.05, 0) is 6.26 Å². The van der Waals surface area contributed by atoms with Crippen molar-refractivity contribution < 1.29 is 4.79 Å². The average Bonchev–Trinajstić information content (AvgIpc) is 2.49. The van der Waals surface area contributed by atoms with E-state index in [-0.39, 0.29) is 21.7 Å². The van der Waals surface area contributed by atoms with Crippen molar-refractivity contribution in [3.8, 4) is 0 Å². The summed E-state index contributed by atoms with van der Waals surface area (Å²) in [5, 5.41) is 0.594. The number of hydrogen-bond donors (Lipinski definition) is 0. The maximum absolute atomic E-state index is 12.2. The van der Waals surface area contributed by atoms with Crippen molar-refractivity contribution in [1.29, 1.82) is 0 Å². The van der Waals surface area contributed by atoms with E-state index in [2.05, 4.69) is 9.97 Å². The second-order valence-corrected chi connectivity index (χ2v) is 4.85. The van der Waals surface area contributed by atoms with E-state index in [9.17, 15) is 4.79 Å². The lowest BCUT2D eigenvalue weighted by molar-refractivity contribution is 0.103. The minimum Gasteiger partial charge on any atom is -0.288 e. The van der Waals surface area contributed by atoms with Crippen molar-refractivity contribution >= 4 is 40.7 Å². The van der Waals surface area contributed by atoms with Crippen molar-refractivity contribution in [2.24, 2.45) is 0 Å². The number of carbonyl (C=O) groups excluding carboxylic acids is 1. The lowest BCUT2D eigenvalue weighted by Gasteiger charge is -2.06. The highest BCUT2D eigenvalue weighted by atomic mass is 35.5. The smallest absolute Gasteiger partial charge is 0.199 e. The number of thioether (sulfide) groups is 1. The molecule has 0 atom stereocenters. The predicted molar refractivity (Wildman–Crippen MR) is 85.1 cm³/mol. The minimum absolute atomic E-state index is 0.0770. The third-order valence-electron chi connectivity index (χ3n) is 2.25. The molecule has 1 aromatic carbocycles. The summed E-state index contributed by atoms with van der Waals surface area (Å²) in [5.74, 6) is -0.279. The number of halogens is 2. The number of aromatic nitrogens is 2. The van der Waals surface area contributed by atoms with Gasteiger partial charge in [-0.25, -0.2) is 9.97 Å². The van der Waals surface area contributed by atoms with Crippen molar-refractivity contribution in [3.63, 3.8) is 0 Å². The molecule has 0 aliphatic rings. The Bertz CT molecular complexity index is 568. The summed E-state index contributed by atoms with van der Waals surface area (Å²) >= 11 is 13.3. The van der Waals surface area contributed by atoms with Crippen LogP contribution in [0.5, 0.6) is 0 Å². The van der Waals surface area contributed by atoms with Crippen LogP contribution in [-0.4, -0.2) is 22.0 Å². The van der Waals surface area contributed by atoms with Gasteiger partial charge in [-0.2, -0.15) is 0 Å². The lowest BCUT2D eigenvalue weighted by atomic mass is 10.1. The molecule has 0 spiro atoms. The Kier molecular flexibility index (Phi) is 6.99. The highest BCUT2D eigenvalue weighted by Crippen LogP contribution is 2.26. The van der Waals surface area contributed by atoms with Crippen LogP contribution >= 0.6 is 35.0 Å². The Morgan fingerprint density at radius 2 is 1.55 bits per heavy atom. The lowest BCUT2D eigenvalue weighted by Crippen LogP contribution is -2.06. The first kappa shape index (κ1) is 17.0. The molecule has 2 aromatic rings. The van der Waals surface area contributed by atoms with E-state index in [1.54, 1.807) is 30.5 Å². The third kappa shape index (κ3) is 3.95. The van der Waals surface area contributed by atoms with Crippen LogP contribution in [0, 0.1) is 0 Å². The number of ketones is 1. The summed E-state index contributed by atoms with van der Waals surface area (Å²) in [5.41, 5.74) is 0.643. The molecule has 0 aliphatic carbocycles. The number of nitrogens with zero attached hydrogens (tertiary/aromatic N) is 2. The predicted octanol–water partition coefficient (Wildman–Crippen LogP) is 4.76. The largest absolute Gasteiger partial charge is 0.288 e. The molecule has 3 nitrogen and oxygen atoms in total. The van der Waals surface area contributed by atoms with Crippen molar-refractivity contribution in [2.45, 2.75) is 19.0 Å². The first-order chi connectivity index (χ1) is 9.63. The van der Waals surface area contributed by atoms with Gasteiger partial charge >= 0.3 is 0 Å². The molecule has 0 saturated carbocycles. The normalized spacial score (nSPS) is 9.65. The molecule has 106 valence electrons. The molecule has 0 aliphatic heterocycles. The topological polar surface area (TPSA) is 42.9 Å². The molecule has 1 aromatic heterocycles. The Labute approximate surface area is 132 Å². The van der Waals surface area contributed by atoms with Gasteiger partial charge in [0.1, 0.15) is 10.3 Å². The van der Waals surface area contributed by atoms with Crippen LogP contribution in [0.2, 0.25) is 10.3 Å². The second kappa shape index (κ2) is 8.25. The Morgan fingerprint density at radius 1 is 1.05 bits per heavy atom. The fourth-order valence-corrected chi connectivity index (χ4v) is 2.43. The van der Waals surface area contributed by atoms with E-state index in [0.29, 0.717) is 10.7 Å². The van der Waals surface area contributed by atoms with Crippen LogP contribution in [0.1, 0.15) is 29.8 Å². The Hall–Kier alpha value is -1.10. The summed E-state index contributed by atoms with van der Waals surface area (Å²) in [6.45, 7) is 4.00. The maximum Gasteiger partial charge on any atom is 0.199 e. The average molecular weight is 329 g/mol. The van der Waals surface area contributed by atoms with Crippen molar-refractivity contribution in [1.82, 2.24) is 9.97 Å². The fraction of sp³-hybridized carbons (Fsp3) is 0.214. The van der Waals surface area contributed by atoms with Crippen LogP contribution < -0.4 is 0 Å². The fourth-order valence-electron chi connectivity index (χ4n) is 1.40. The molecule has 20 heavy (non-hydrogen) atoms. The summed E-state index contributed by atoms with van der Waals surface area (Å²) in [6.07, 6.45) is 1.81. The van der Waals surface area contributed by atoms with Crippen LogP contribution in [0.3, 0.4) is 0 Å². The van der Waals surface area contributed by atoms with Crippen molar-refractivity contribution in [2.75, 3.05) is 6.26 Å². The monoisotopic (exact) mass is 328 g/mol. The summed E-state index contributed by atoms with van der Waals surface area (Å²) in [4.78, 5) is 20.3. The second-order valence-electron chi connectivity index (χ2n) is 3.36. The number of benzene rings is 1. The molecule has 0 unspecified atom stereocenters. The van der Waals surface area contributed by atoms with Crippen LogP contribution in [0.15, 0.2) is 35.5 Å². The first-order valence-corrected chi connectivity index (χ1v) is 7.98. The number of hydrogen-bond acceptors (Lipinski definition) is 4. The van der Waals surface area contributed by atoms with Gasteiger partial charge in [-0.15, -0.1) is 0 Å². The van der Waals surface area contributed by atoms with Gasteiger partial charge in [0.2, 0.25) is 0 Å². The summed E-state index contributed by atoms with van der Waals surface area (Å²) < 4.78 is 0. The van der Waals surface area contributed by atoms with E-state index in [1.807, 2.05) is 19.9 Å². The molecular weight excluding hydrogens is 315 g/mol. The Balaban J connectivity index is 0.000000956. The van der Waals surface area contributed by atoms with E-state index in [4.69, 9.17) is 23.2 Å². The SMILES string of the molecule is CC.CSc1nc(Cl)c(C(=O)c2ccccc2)c(Cl)n1. The molecule has 0 N–H and O–H groups in total. The molecule has 0 radical (unpaired) electrons. The van der Waals surface area contributed by atoms with Crippen LogP contribution in [0.25, 0.3) is 0 Å². The first-order valence-electron chi connectivity index (χ1n) is 6.00. The van der Waals surface area contributed by atoms with E-state index in [1.165, 1.54) is 11.8 Å². The van der Waals surface area contributed by atoms with E-state index >= 15 is 0 Å². The van der Waals surface area contributed by atoms with Gasteiger partial charge in [0.05, 0.1) is 5.56 Å². The molecule has 0 fully saturated rings. The molecule has 2 rings (SSSR count). The summed E-state index contributed by atoms with van der Waals surface area (Å²) in [6, 6.07) is 8.75. The molecule has 6 heteroatoms. The quantitative estimate of drug-likeness (QED) is 0.352. The summed E-state index contributed by atoms with van der Waals surface area (Å²) in [7, 11) is 0.